The van der Waals surface area contributed by atoms with Crippen LogP contribution >= 0.6 is 23.2 Å². The van der Waals surface area contributed by atoms with Crippen LogP contribution in [0.5, 0.6) is 0 Å². The van der Waals surface area contributed by atoms with Crippen molar-refractivity contribution < 1.29 is 17.6 Å². The molecule has 0 atom stereocenters. The van der Waals surface area contributed by atoms with E-state index in [0.29, 0.717) is 0 Å². The van der Waals surface area contributed by atoms with Gasteiger partial charge in [-0.1, -0.05) is 11.6 Å². The lowest BCUT2D eigenvalue weighted by Crippen LogP contribution is -2.19. The first-order chi connectivity index (χ1) is 8.31. The molecule has 8 heteroatoms. The SMILES string of the molecule is Fc1cc2nc(CCl)n(CC(F)(F)F)c2cc1Cl. The molecule has 2 rings (SSSR count). The minimum absolute atomic E-state index is 0.0191. The van der Waals surface area contributed by atoms with E-state index in [4.69, 9.17) is 23.2 Å². The van der Waals surface area contributed by atoms with Crippen molar-refractivity contribution in [3.63, 3.8) is 0 Å². The third kappa shape index (κ3) is 2.54. The van der Waals surface area contributed by atoms with Crippen molar-refractivity contribution in [2.75, 3.05) is 0 Å². The van der Waals surface area contributed by atoms with E-state index in [9.17, 15) is 17.6 Å². The second-order valence-electron chi connectivity index (χ2n) is 3.62. The largest absolute Gasteiger partial charge is 0.406 e. The summed E-state index contributed by atoms with van der Waals surface area (Å²) in [5, 5.41) is -0.257. The van der Waals surface area contributed by atoms with Crippen LogP contribution in [-0.4, -0.2) is 15.7 Å². The zero-order valence-electron chi connectivity index (χ0n) is 8.73. The maximum atomic E-state index is 13.2. The Labute approximate surface area is 109 Å². The Balaban J connectivity index is 2.65. The summed E-state index contributed by atoms with van der Waals surface area (Å²) in [6, 6.07) is 2.10. The summed E-state index contributed by atoms with van der Waals surface area (Å²) in [5.41, 5.74) is 0.200. The average molecular weight is 301 g/mol. The first-order valence-corrected chi connectivity index (χ1v) is 5.70. The highest BCUT2D eigenvalue weighted by Crippen LogP contribution is 2.27. The molecule has 0 amide bonds. The van der Waals surface area contributed by atoms with Crippen LogP contribution in [0.2, 0.25) is 5.02 Å². The number of imidazole rings is 1. The van der Waals surface area contributed by atoms with E-state index in [0.717, 1.165) is 16.7 Å². The van der Waals surface area contributed by atoms with Gasteiger partial charge in [0.15, 0.2) is 0 Å². The van der Waals surface area contributed by atoms with Gasteiger partial charge in [-0.15, -0.1) is 11.6 Å². The van der Waals surface area contributed by atoms with Gasteiger partial charge >= 0.3 is 6.18 Å². The fourth-order valence-electron chi connectivity index (χ4n) is 1.63. The number of fused-ring (bicyclic) bond motifs is 1. The molecule has 2 nitrogen and oxygen atoms in total. The third-order valence-electron chi connectivity index (χ3n) is 2.33. The van der Waals surface area contributed by atoms with E-state index < -0.39 is 18.5 Å². The Morgan fingerprint density at radius 1 is 1.28 bits per heavy atom. The highest BCUT2D eigenvalue weighted by molar-refractivity contribution is 6.31. The number of hydrogen-bond acceptors (Lipinski definition) is 1. The van der Waals surface area contributed by atoms with Gasteiger partial charge < -0.3 is 4.57 Å². The molecule has 1 aromatic heterocycles. The average Bonchev–Trinajstić information content (AvgIpc) is 2.55. The molecule has 0 fully saturated rings. The molecular formula is C10H6Cl2F4N2. The molecular weight excluding hydrogens is 295 g/mol. The molecule has 0 N–H and O–H groups in total. The lowest BCUT2D eigenvalue weighted by atomic mass is 10.3. The number of nitrogens with zero attached hydrogens (tertiary/aromatic N) is 2. The van der Waals surface area contributed by atoms with Crippen LogP contribution in [0.4, 0.5) is 17.6 Å². The van der Waals surface area contributed by atoms with Crippen molar-refractivity contribution in [1.82, 2.24) is 9.55 Å². The van der Waals surface area contributed by atoms with Crippen molar-refractivity contribution >= 4 is 34.2 Å². The van der Waals surface area contributed by atoms with Crippen molar-refractivity contribution in [2.24, 2.45) is 0 Å². The highest BCUT2D eigenvalue weighted by Gasteiger charge is 2.30. The van der Waals surface area contributed by atoms with Crippen LogP contribution in [0.1, 0.15) is 5.82 Å². The fourth-order valence-corrected chi connectivity index (χ4v) is 1.99. The standard InChI is InChI=1S/C10H6Cl2F4N2/c11-3-9-17-7-2-6(13)5(12)1-8(7)18(9)4-10(14,15)16/h1-2H,3-4H2. The van der Waals surface area contributed by atoms with Gasteiger partial charge in [-0.25, -0.2) is 9.37 Å². The predicted molar refractivity (Wildman–Crippen MR) is 60.3 cm³/mol. The molecule has 0 bridgehead atoms. The van der Waals surface area contributed by atoms with Gasteiger partial charge in [-0.3, -0.25) is 0 Å². The summed E-state index contributed by atoms with van der Waals surface area (Å²) in [6.45, 7) is -1.24. The molecule has 2 aromatic rings. The number of alkyl halides is 4. The van der Waals surface area contributed by atoms with Gasteiger partial charge in [0.25, 0.3) is 0 Å². The van der Waals surface area contributed by atoms with Crippen molar-refractivity contribution in [2.45, 2.75) is 18.6 Å². The number of halogens is 6. The van der Waals surface area contributed by atoms with Crippen LogP contribution in [0.3, 0.4) is 0 Å². The second kappa shape index (κ2) is 4.59. The molecule has 0 radical (unpaired) electrons. The maximum Gasteiger partial charge on any atom is 0.406 e. The normalized spacial score (nSPS) is 12.3. The van der Waals surface area contributed by atoms with Gasteiger partial charge in [0.1, 0.15) is 18.2 Å². The second-order valence-corrected chi connectivity index (χ2v) is 4.29. The molecule has 1 aromatic carbocycles. The van der Waals surface area contributed by atoms with Crippen molar-refractivity contribution in [3.05, 3.63) is 28.8 Å². The van der Waals surface area contributed by atoms with Gasteiger partial charge in [0, 0.05) is 6.07 Å². The van der Waals surface area contributed by atoms with Gasteiger partial charge in [-0.05, 0) is 6.07 Å². The fraction of sp³-hybridized carbons (Fsp3) is 0.300. The lowest BCUT2D eigenvalue weighted by molar-refractivity contribution is -0.140. The Morgan fingerprint density at radius 3 is 2.50 bits per heavy atom. The number of rotatable bonds is 2. The Kier molecular flexibility index (Phi) is 3.42. The molecule has 0 saturated heterocycles. The van der Waals surface area contributed by atoms with E-state index in [-0.39, 0.29) is 27.8 Å². The molecule has 98 valence electrons. The van der Waals surface area contributed by atoms with Crippen molar-refractivity contribution in [3.8, 4) is 0 Å². The number of benzene rings is 1. The molecule has 0 spiro atoms. The molecule has 0 saturated carbocycles. The van der Waals surface area contributed by atoms with E-state index in [1.807, 2.05) is 0 Å². The maximum absolute atomic E-state index is 13.2. The minimum atomic E-state index is -4.42. The zero-order chi connectivity index (χ0) is 13.5. The molecule has 0 aliphatic heterocycles. The van der Waals surface area contributed by atoms with E-state index in [1.165, 1.54) is 0 Å². The van der Waals surface area contributed by atoms with Gasteiger partial charge in [0.2, 0.25) is 0 Å². The summed E-state index contributed by atoms with van der Waals surface area (Å²) < 4.78 is 51.4. The highest BCUT2D eigenvalue weighted by atomic mass is 35.5. The molecule has 18 heavy (non-hydrogen) atoms. The Hall–Kier alpha value is -1.01. The summed E-state index contributed by atoms with van der Waals surface area (Å²) in [7, 11) is 0. The minimum Gasteiger partial charge on any atom is -0.318 e. The van der Waals surface area contributed by atoms with Gasteiger partial charge in [0.05, 0.1) is 21.9 Å². The van der Waals surface area contributed by atoms with Crippen LogP contribution in [-0.2, 0) is 12.4 Å². The van der Waals surface area contributed by atoms with E-state index >= 15 is 0 Å². The van der Waals surface area contributed by atoms with Crippen LogP contribution in [0.15, 0.2) is 12.1 Å². The summed E-state index contributed by atoms with van der Waals surface area (Å²) in [4.78, 5) is 3.85. The topological polar surface area (TPSA) is 17.8 Å². The smallest absolute Gasteiger partial charge is 0.318 e. The monoisotopic (exact) mass is 300 g/mol. The van der Waals surface area contributed by atoms with Gasteiger partial charge in [-0.2, -0.15) is 13.2 Å². The molecule has 0 aliphatic rings. The number of hydrogen-bond donors (Lipinski definition) is 0. The Bertz CT molecular complexity index is 592. The van der Waals surface area contributed by atoms with E-state index in [1.54, 1.807) is 0 Å². The number of aromatic nitrogens is 2. The quantitative estimate of drug-likeness (QED) is 0.602. The first kappa shape index (κ1) is 13.4. The van der Waals surface area contributed by atoms with Crippen LogP contribution in [0, 0.1) is 5.82 Å². The zero-order valence-corrected chi connectivity index (χ0v) is 10.2. The molecule has 0 unspecified atom stereocenters. The third-order valence-corrected chi connectivity index (χ3v) is 2.85. The van der Waals surface area contributed by atoms with E-state index in [2.05, 4.69) is 4.98 Å². The van der Waals surface area contributed by atoms with Crippen LogP contribution in [0.25, 0.3) is 11.0 Å². The summed E-state index contributed by atoms with van der Waals surface area (Å²) in [5.74, 6) is -0.920. The first-order valence-electron chi connectivity index (χ1n) is 4.78. The van der Waals surface area contributed by atoms with Crippen molar-refractivity contribution in [1.29, 1.82) is 0 Å². The molecule has 1 heterocycles. The van der Waals surface area contributed by atoms with Crippen LogP contribution < -0.4 is 0 Å². The molecule has 0 aliphatic carbocycles. The summed E-state index contributed by atoms with van der Waals surface area (Å²) in [6.07, 6.45) is -4.42. The summed E-state index contributed by atoms with van der Waals surface area (Å²) >= 11 is 11.1. The lowest BCUT2D eigenvalue weighted by Gasteiger charge is -2.10. The predicted octanol–water partition coefficient (Wildman–Crippen LogP) is 4.13. The Morgan fingerprint density at radius 2 is 1.94 bits per heavy atom.